The van der Waals surface area contributed by atoms with Gasteiger partial charge >= 0.3 is 0 Å². The van der Waals surface area contributed by atoms with Crippen LogP contribution in [0.5, 0.6) is 0 Å². The third-order valence-electron chi connectivity index (χ3n) is 2.34. The van der Waals surface area contributed by atoms with E-state index < -0.39 is 23.5 Å². The van der Waals surface area contributed by atoms with Gasteiger partial charge in [0.2, 0.25) is 0 Å². The predicted molar refractivity (Wildman–Crippen MR) is 54.1 cm³/mol. The average Bonchev–Trinajstić information content (AvgIpc) is 2.84. The van der Waals surface area contributed by atoms with Crippen molar-refractivity contribution in [3.8, 4) is 0 Å². The summed E-state index contributed by atoms with van der Waals surface area (Å²) in [4.78, 5) is 6.59. The van der Waals surface area contributed by atoms with Crippen molar-refractivity contribution in [3.05, 3.63) is 53.4 Å². The summed E-state index contributed by atoms with van der Waals surface area (Å²) in [5, 5.41) is 0. The highest BCUT2D eigenvalue weighted by molar-refractivity contribution is 5.27. The fraction of sp³-hybridized carbons (Fsp3) is 0.100. The van der Waals surface area contributed by atoms with E-state index in [0.29, 0.717) is 5.82 Å². The number of nitrogens with one attached hydrogen (secondary N) is 2. The van der Waals surface area contributed by atoms with Gasteiger partial charge in [0.05, 0.1) is 0 Å². The van der Waals surface area contributed by atoms with Gasteiger partial charge in [-0.1, -0.05) is 6.07 Å². The Morgan fingerprint density at radius 3 is 2.59 bits per heavy atom. The molecular weight excluding hydrogens is 233 g/mol. The molecule has 0 radical (unpaired) electrons. The number of aromatic nitrogens is 2. The van der Waals surface area contributed by atoms with Gasteiger partial charge in [-0.3, -0.25) is 5.84 Å². The molecule has 1 aromatic heterocycles. The van der Waals surface area contributed by atoms with Gasteiger partial charge in [0.15, 0.2) is 17.5 Å². The van der Waals surface area contributed by atoms with Crippen molar-refractivity contribution in [1.82, 2.24) is 15.4 Å². The number of hydrogen-bond acceptors (Lipinski definition) is 3. The number of nitrogens with zero attached hydrogens (tertiary/aromatic N) is 1. The second kappa shape index (κ2) is 4.56. The van der Waals surface area contributed by atoms with Crippen LogP contribution < -0.4 is 11.3 Å². The lowest BCUT2D eigenvalue weighted by Gasteiger charge is -2.15. The molecule has 0 aliphatic carbocycles. The van der Waals surface area contributed by atoms with Crippen LogP contribution in [0.3, 0.4) is 0 Å². The van der Waals surface area contributed by atoms with Crippen LogP contribution in [0.1, 0.15) is 17.4 Å². The standard InChI is InChI=1S/C10H9F3N4/c11-6-2-1-5(7(12)8(6)13)9(17-14)10-15-3-4-16-10/h1-4,9,17H,14H2,(H,15,16). The van der Waals surface area contributed by atoms with E-state index in [1.54, 1.807) is 0 Å². The van der Waals surface area contributed by atoms with Crippen LogP contribution in [0.25, 0.3) is 0 Å². The van der Waals surface area contributed by atoms with Crippen LogP contribution in [0.2, 0.25) is 0 Å². The van der Waals surface area contributed by atoms with Gasteiger partial charge in [-0.15, -0.1) is 0 Å². The Morgan fingerprint density at radius 2 is 2.00 bits per heavy atom. The molecule has 4 nitrogen and oxygen atoms in total. The molecule has 0 aliphatic heterocycles. The zero-order chi connectivity index (χ0) is 12.4. The number of rotatable bonds is 3. The molecule has 4 N–H and O–H groups in total. The number of aromatic amines is 1. The number of nitrogens with two attached hydrogens (primary N) is 1. The van der Waals surface area contributed by atoms with Crippen LogP contribution in [0, 0.1) is 17.5 Å². The highest BCUT2D eigenvalue weighted by atomic mass is 19.2. The summed E-state index contributed by atoms with van der Waals surface area (Å²) < 4.78 is 39.4. The lowest BCUT2D eigenvalue weighted by Crippen LogP contribution is -2.30. The van der Waals surface area contributed by atoms with E-state index in [4.69, 9.17) is 5.84 Å². The molecule has 90 valence electrons. The van der Waals surface area contributed by atoms with E-state index in [1.807, 2.05) is 0 Å². The molecule has 17 heavy (non-hydrogen) atoms. The fourth-order valence-corrected chi connectivity index (χ4v) is 1.52. The number of halogens is 3. The Kier molecular flexibility index (Phi) is 3.12. The quantitative estimate of drug-likeness (QED) is 0.432. The van der Waals surface area contributed by atoms with Crippen LogP contribution in [0.15, 0.2) is 24.5 Å². The van der Waals surface area contributed by atoms with Crippen molar-refractivity contribution in [2.75, 3.05) is 0 Å². The Hall–Kier alpha value is -1.86. The van der Waals surface area contributed by atoms with Gasteiger partial charge in [0, 0.05) is 18.0 Å². The van der Waals surface area contributed by atoms with Crippen LogP contribution in [-0.2, 0) is 0 Å². The van der Waals surface area contributed by atoms with Gasteiger partial charge in [-0.2, -0.15) is 0 Å². The predicted octanol–water partition coefficient (Wildman–Crippen LogP) is 1.38. The van der Waals surface area contributed by atoms with Gasteiger partial charge in [0.25, 0.3) is 0 Å². The van der Waals surface area contributed by atoms with E-state index in [0.717, 1.165) is 12.1 Å². The topological polar surface area (TPSA) is 66.7 Å². The number of hydrogen-bond donors (Lipinski definition) is 3. The number of benzene rings is 1. The third kappa shape index (κ3) is 2.02. The normalized spacial score (nSPS) is 12.7. The summed E-state index contributed by atoms with van der Waals surface area (Å²) in [6, 6.07) is 1.07. The Bertz CT molecular complexity index is 513. The summed E-state index contributed by atoms with van der Waals surface area (Å²) >= 11 is 0. The monoisotopic (exact) mass is 242 g/mol. The first-order valence-corrected chi connectivity index (χ1v) is 4.74. The van der Waals surface area contributed by atoms with E-state index in [9.17, 15) is 13.2 Å². The average molecular weight is 242 g/mol. The molecule has 2 aromatic rings. The zero-order valence-electron chi connectivity index (χ0n) is 8.55. The summed E-state index contributed by atoms with van der Waals surface area (Å²) in [7, 11) is 0. The summed E-state index contributed by atoms with van der Waals surface area (Å²) in [5.41, 5.74) is 2.16. The molecule has 1 unspecified atom stereocenters. The fourth-order valence-electron chi connectivity index (χ4n) is 1.52. The second-order valence-electron chi connectivity index (χ2n) is 3.34. The molecule has 0 saturated heterocycles. The minimum Gasteiger partial charge on any atom is -0.347 e. The van der Waals surface area contributed by atoms with Crippen molar-refractivity contribution in [1.29, 1.82) is 0 Å². The first kappa shape index (κ1) is 11.6. The molecule has 1 aromatic carbocycles. The number of hydrazine groups is 1. The molecular formula is C10H9F3N4. The van der Waals surface area contributed by atoms with E-state index in [-0.39, 0.29) is 5.56 Å². The molecule has 7 heteroatoms. The van der Waals surface area contributed by atoms with E-state index in [1.165, 1.54) is 12.4 Å². The molecule has 2 rings (SSSR count). The summed E-state index contributed by atoms with van der Waals surface area (Å²) in [5.74, 6) is 1.49. The molecule has 0 spiro atoms. The molecule has 0 amide bonds. The maximum Gasteiger partial charge on any atom is 0.194 e. The number of imidazole rings is 1. The van der Waals surface area contributed by atoms with Crippen molar-refractivity contribution in [2.45, 2.75) is 6.04 Å². The Morgan fingerprint density at radius 1 is 1.24 bits per heavy atom. The van der Waals surface area contributed by atoms with Crippen LogP contribution >= 0.6 is 0 Å². The van der Waals surface area contributed by atoms with Gasteiger partial charge in [0.1, 0.15) is 11.9 Å². The first-order chi connectivity index (χ1) is 8.15. The molecule has 1 heterocycles. The van der Waals surface area contributed by atoms with Gasteiger partial charge < -0.3 is 4.98 Å². The molecule has 0 aliphatic rings. The maximum absolute atomic E-state index is 13.5. The number of H-pyrrole nitrogens is 1. The van der Waals surface area contributed by atoms with E-state index >= 15 is 0 Å². The Balaban J connectivity index is 2.49. The maximum atomic E-state index is 13.5. The van der Waals surface area contributed by atoms with Crippen molar-refractivity contribution in [2.24, 2.45) is 5.84 Å². The first-order valence-electron chi connectivity index (χ1n) is 4.74. The lowest BCUT2D eigenvalue weighted by atomic mass is 10.1. The highest BCUT2D eigenvalue weighted by Gasteiger charge is 2.22. The molecule has 0 saturated carbocycles. The Labute approximate surface area is 94.6 Å². The zero-order valence-corrected chi connectivity index (χ0v) is 8.55. The van der Waals surface area contributed by atoms with Crippen LogP contribution in [0.4, 0.5) is 13.2 Å². The van der Waals surface area contributed by atoms with Crippen LogP contribution in [-0.4, -0.2) is 9.97 Å². The minimum atomic E-state index is -1.53. The summed E-state index contributed by atoms with van der Waals surface area (Å²) in [6.07, 6.45) is 2.95. The largest absolute Gasteiger partial charge is 0.347 e. The smallest absolute Gasteiger partial charge is 0.194 e. The van der Waals surface area contributed by atoms with Gasteiger partial charge in [-0.05, 0) is 6.07 Å². The van der Waals surface area contributed by atoms with Gasteiger partial charge in [-0.25, -0.2) is 23.6 Å². The molecule has 0 bridgehead atoms. The lowest BCUT2D eigenvalue weighted by molar-refractivity contribution is 0.431. The van der Waals surface area contributed by atoms with Crippen molar-refractivity contribution < 1.29 is 13.2 Å². The molecule has 0 fully saturated rings. The third-order valence-corrected chi connectivity index (χ3v) is 2.34. The summed E-state index contributed by atoms with van der Waals surface area (Å²) in [6.45, 7) is 0. The van der Waals surface area contributed by atoms with Crippen molar-refractivity contribution >= 4 is 0 Å². The second-order valence-corrected chi connectivity index (χ2v) is 3.34. The SMILES string of the molecule is NNC(c1ncc[nH]1)c1ccc(F)c(F)c1F. The van der Waals surface area contributed by atoms with Crippen molar-refractivity contribution in [3.63, 3.8) is 0 Å². The highest BCUT2D eigenvalue weighted by Crippen LogP contribution is 2.24. The van der Waals surface area contributed by atoms with E-state index in [2.05, 4.69) is 15.4 Å². The minimum absolute atomic E-state index is 0.124. The molecule has 1 atom stereocenters.